The predicted molar refractivity (Wildman–Crippen MR) is 254 cm³/mol. The number of likely N-dealkylation sites (N-methyl/N-ethyl adjacent to an activating group) is 1. The first-order valence-electron chi connectivity index (χ1n) is 23.5. The average Bonchev–Trinajstić information content (AvgIpc) is 3.85. The summed E-state index contributed by atoms with van der Waals surface area (Å²) in [7, 11) is 5.40. The van der Waals surface area contributed by atoms with Crippen LogP contribution in [0.25, 0.3) is 11.3 Å². The summed E-state index contributed by atoms with van der Waals surface area (Å²) in [4.78, 5) is 47.0. The summed E-state index contributed by atoms with van der Waals surface area (Å²) in [5, 5.41) is 24.1. The molecule has 3 aliphatic heterocycles. The van der Waals surface area contributed by atoms with Crippen LogP contribution in [0.15, 0.2) is 59.2 Å². The van der Waals surface area contributed by atoms with Gasteiger partial charge in [0.05, 0.1) is 30.0 Å². The molecule has 0 aliphatic carbocycles. The molecule has 13 atom stereocenters. The molecule has 364 valence electrons. The molecule has 6 rings (SSSR count). The van der Waals surface area contributed by atoms with E-state index in [1.165, 1.54) is 0 Å². The first-order valence-corrected chi connectivity index (χ1v) is 24.3. The molecule has 16 nitrogen and oxygen atoms in total. The number of carbonyl (C=O) groups is 3. The highest BCUT2D eigenvalue weighted by atomic mass is 79.9. The summed E-state index contributed by atoms with van der Waals surface area (Å²) in [5.74, 6) is -3.30. The van der Waals surface area contributed by atoms with Crippen molar-refractivity contribution >= 4 is 39.5 Å². The normalized spacial score (nSPS) is 33.8. The van der Waals surface area contributed by atoms with Crippen LogP contribution in [0.2, 0.25) is 0 Å². The van der Waals surface area contributed by atoms with E-state index in [0.717, 1.165) is 21.3 Å². The maximum Gasteiger partial charge on any atom is 0.410 e. The van der Waals surface area contributed by atoms with Crippen molar-refractivity contribution in [2.75, 3.05) is 40.0 Å². The number of rotatable bonds is 13. The van der Waals surface area contributed by atoms with Gasteiger partial charge in [0, 0.05) is 53.9 Å². The van der Waals surface area contributed by atoms with Gasteiger partial charge in [0.25, 0.3) is 0 Å². The zero-order valence-electron chi connectivity index (χ0n) is 40.3. The first kappa shape index (κ1) is 51.4. The second-order valence-electron chi connectivity index (χ2n) is 19.4. The third kappa shape index (κ3) is 11.6. The number of unbranched alkanes of at least 4 members (excludes halogenated alkanes) is 1. The van der Waals surface area contributed by atoms with Gasteiger partial charge in [0.1, 0.15) is 23.8 Å². The third-order valence-corrected chi connectivity index (χ3v) is 14.5. The molecule has 4 heterocycles. The van der Waals surface area contributed by atoms with Crippen molar-refractivity contribution < 1.29 is 43.2 Å². The van der Waals surface area contributed by atoms with Gasteiger partial charge in [-0.15, -0.1) is 5.10 Å². The topological polar surface area (TPSA) is 193 Å². The zero-order chi connectivity index (χ0) is 48.1. The van der Waals surface area contributed by atoms with Crippen LogP contribution in [0.5, 0.6) is 0 Å². The Kier molecular flexibility index (Phi) is 17.1. The Morgan fingerprint density at radius 1 is 1.05 bits per heavy atom. The molecule has 0 saturated carbocycles. The molecule has 3 unspecified atom stereocenters. The molecule has 0 spiro atoms. The summed E-state index contributed by atoms with van der Waals surface area (Å²) in [6, 6.07) is 14.3. The Balaban J connectivity index is 1.33. The van der Waals surface area contributed by atoms with Gasteiger partial charge in [-0.1, -0.05) is 66.2 Å². The number of fused-ring (bicyclic) bond motifs is 1. The number of nitrogen functional groups attached to an aromatic ring is 1. The fourth-order valence-electron chi connectivity index (χ4n) is 10.4. The number of aliphatic hydroxyl groups excluding tert-OH is 1. The Labute approximate surface area is 398 Å². The number of aliphatic hydroxyl groups is 1. The molecule has 3 saturated heterocycles. The quantitative estimate of drug-likeness (QED) is 0.0751. The number of methoxy groups -OCH3 is 1. The molecule has 2 aromatic carbocycles. The van der Waals surface area contributed by atoms with E-state index in [9.17, 15) is 19.5 Å². The van der Waals surface area contributed by atoms with E-state index < -0.39 is 71.5 Å². The van der Waals surface area contributed by atoms with Crippen LogP contribution in [0, 0.1) is 17.8 Å². The highest BCUT2D eigenvalue weighted by Crippen LogP contribution is 2.41. The van der Waals surface area contributed by atoms with E-state index in [-0.39, 0.29) is 24.1 Å². The number of nitrogens with zero attached hydrogens (tertiary/aromatic N) is 5. The number of nitrogens with two attached hydrogens (primary N) is 1. The summed E-state index contributed by atoms with van der Waals surface area (Å²) in [5.41, 5.74) is 6.87. The minimum atomic E-state index is -1.32. The summed E-state index contributed by atoms with van der Waals surface area (Å²) in [6.07, 6.45) is 0.413. The van der Waals surface area contributed by atoms with E-state index in [2.05, 4.69) is 50.6 Å². The van der Waals surface area contributed by atoms with E-state index >= 15 is 0 Å². The average molecular weight is 983 g/mol. The van der Waals surface area contributed by atoms with E-state index in [1.807, 2.05) is 89.3 Å². The number of ketones is 1. The van der Waals surface area contributed by atoms with Crippen molar-refractivity contribution in [3.63, 3.8) is 0 Å². The smallest absolute Gasteiger partial charge is 0.410 e. The maximum absolute atomic E-state index is 14.6. The van der Waals surface area contributed by atoms with Crippen LogP contribution in [0.1, 0.15) is 86.1 Å². The van der Waals surface area contributed by atoms with Gasteiger partial charge in [-0.05, 0) is 123 Å². The molecule has 3 aromatic rings. The molecule has 1 aromatic heterocycles. The minimum Gasteiger partial charge on any atom is -0.458 e. The molecule has 1 amide bonds. The number of aromatic nitrogens is 3. The number of amides is 1. The van der Waals surface area contributed by atoms with Crippen molar-refractivity contribution in [1.29, 1.82) is 0 Å². The van der Waals surface area contributed by atoms with Crippen LogP contribution in [-0.4, -0.2) is 142 Å². The van der Waals surface area contributed by atoms with E-state index in [4.69, 9.17) is 29.4 Å². The fourth-order valence-corrected chi connectivity index (χ4v) is 10.8. The van der Waals surface area contributed by atoms with Gasteiger partial charge in [-0.2, -0.15) is 0 Å². The number of cyclic esters (lactones) is 1. The second kappa shape index (κ2) is 22.0. The predicted octanol–water partition coefficient (Wildman–Crippen LogP) is 6.27. The third-order valence-electron chi connectivity index (χ3n) is 14.0. The van der Waals surface area contributed by atoms with Crippen molar-refractivity contribution in [3.05, 3.63) is 64.8 Å². The van der Waals surface area contributed by atoms with Crippen LogP contribution in [0.3, 0.4) is 0 Å². The van der Waals surface area contributed by atoms with Crippen molar-refractivity contribution in [2.45, 2.75) is 154 Å². The van der Waals surface area contributed by atoms with Gasteiger partial charge in [-0.25, -0.2) is 4.79 Å². The van der Waals surface area contributed by atoms with Crippen LogP contribution < -0.4 is 11.1 Å². The van der Waals surface area contributed by atoms with Gasteiger partial charge in [0.15, 0.2) is 17.7 Å². The lowest BCUT2D eigenvalue weighted by molar-refractivity contribution is -0.295. The van der Waals surface area contributed by atoms with Crippen LogP contribution in [-0.2, 0) is 46.2 Å². The number of nitrogens with one attached hydrogen (secondary N) is 1. The monoisotopic (exact) mass is 981 g/mol. The summed E-state index contributed by atoms with van der Waals surface area (Å²) >= 11 is 3.65. The first-order chi connectivity index (χ1) is 31.3. The Bertz CT molecular complexity index is 2130. The number of benzene rings is 2. The SMILES string of the molecule is CC[C@H]1OC(=O)[C@H](C)C(=O)[C@H](C)[C@@H](O[C@@H]2OC(C)CC(N(C)C)C2O)[C@](C)(OC)C[C@@H](C)CN[C@H](Cc2cccc(Br)c2)[C@H]2N(CCCCn3cc(-c4cccc(N)c4)nn3)C(=O)O[C@]12C. The Hall–Kier alpha value is -3.97. The number of hydrogen-bond donors (Lipinski definition) is 3. The zero-order valence-corrected chi connectivity index (χ0v) is 41.9. The molecule has 3 aliphatic rings. The number of Topliss-reactive ketones (excluding diaryl/α,β-unsaturated/α-hetero) is 1. The van der Waals surface area contributed by atoms with E-state index in [0.29, 0.717) is 63.8 Å². The number of hydrogen-bond acceptors (Lipinski definition) is 14. The van der Waals surface area contributed by atoms with Gasteiger partial charge in [-0.3, -0.25) is 19.2 Å². The van der Waals surface area contributed by atoms with Crippen molar-refractivity contribution in [3.8, 4) is 11.3 Å². The van der Waals surface area contributed by atoms with Crippen molar-refractivity contribution in [2.24, 2.45) is 17.8 Å². The lowest BCUT2D eigenvalue weighted by Crippen LogP contribution is -2.62. The number of carbonyl (C=O) groups excluding carboxylic acids is 3. The molecule has 66 heavy (non-hydrogen) atoms. The molecule has 3 fully saturated rings. The molecule has 17 heteroatoms. The fraction of sp³-hybridized carbons (Fsp3) is 0.653. The lowest BCUT2D eigenvalue weighted by Gasteiger charge is -2.46. The highest BCUT2D eigenvalue weighted by Gasteiger charge is 2.59. The number of anilines is 1. The second-order valence-corrected chi connectivity index (χ2v) is 20.4. The maximum atomic E-state index is 14.6. The Morgan fingerprint density at radius 2 is 1.77 bits per heavy atom. The minimum absolute atomic E-state index is 0.0703. The van der Waals surface area contributed by atoms with Gasteiger partial charge in [0.2, 0.25) is 0 Å². The standard InChI is InChI=1S/C49H72BrN7O9/c1-11-40-49(7)43(57(47(61)66-49)21-13-12-20-56-28-38(53-54-56)34-17-15-19-36(51)25-34)37(24-33-16-14-18-35(50)23-33)52-27-29(2)26-48(6,62-10)44(31(4)41(58)32(5)45(60)64-40)65-46-42(59)39(55(8)9)22-30(3)63-46/h14-19,23,25,28-32,37,39-40,42-44,46,52,59H,11-13,20-22,24,26-27,51H2,1-10H3/t29-,30?,31+,32-,37-,39?,40-,42?,43-,44-,46+,48-,49-/m1/s1. The Morgan fingerprint density at radius 3 is 2.45 bits per heavy atom. The highest BCUT2D eigenvalue weighted by molar-refractivity contribution is 9.10. The number of esters is 1. The number of halogens is 1. The molecular weight excluding hydrogens is 910 g/mol. The molecule has 4 N–H and O–H groups in total. The summed E-state index contributed by atoms with van der Waals surface area (Å²) in [6.45, 7) is 14.4. The number of ether oxygens (including phenoxy) is 5. The molecular formula is C49H72BrN7O9. The molecule has 0 bridgehead atoms. The number of aryl methyl sites for hydroxylation is 1. The summed E-state index contributed by atoms with van der Waals surface area (Å²) < 4.78 is 34.8. The van der Waals surface area contributed by atoms with Crippen LogP contribution >= 0.6 is 15.9 Å². The molecule has 0 radical (unpaired) electrons. The van der Waals surface area contributed by atoms with Gasteiger partial charge >= 0.3 is 12.1 Å². The van der Waals surface area contributed by atoms with Gasteiger partial charge < -0.3 is 44.7 Å². The van der Waals surface area contributed by atoms with E-state index in [1.54, 1.807) is 30.5 Å². The van der Waals surface area contributed by atoms with Crippen molar-refractivity contribution in [1.82, 2.24) is 30.1 Å². The lowest BCUT2D eigenvalue weighted by atomic mass is 9.78. The van der Waals surface area contributed by atoms with Crippen LogP contribution in [0.4, 0.5) is 10.5 Å². The largest absolute Gasteiger partial charge is 0.458 e.